The SMILES string of the molecule is CC1(C)CSC2=CC=CCC2C1n1ccnc1. The Hall–Kier alpha value is -0.960. The van der Waals surface area contributed by atoms with E-state index >= 15 is 0 Å². The van der Waals surface area contributed by atoms with Crippen LogP contribution in [0.3, 0.4) is 0 Å². The molecule has 0 saturated carbocycles. The number of aromatic nitrogens is 2. The average Bonchev–Trinajstić information content (AvgIpc) is 2.81. The maximum atomic E-state index is 4.22. The molecule has 1 aromatic rings. The number of allylic oxidation sites excluding steroid dienone is 4. The third-order valence-corrected chi connectivity index (χ3v) is 5.45. The van der Waals surface area contributed by atoms with Crippen LogP contribution >= 0.6 is 11.8 Å². The summed E-state index contributed by atoms with van der Waals surface area (Å²) in [5.74, 6) is 1.81. The summed E-state index contributed by atoms with van der Waals surface area (Å²) in [7, 11) is 0. The fourth-order valence-electron chi connectivity index (χ4n) is 3.01. The smallest absolute Gasteiger partial charge is 0.0948 e. The van der Waals surface area contributed by atoms with Gasteiger partial charge in [0.1, 0.15) is 0 Å². The Balaban J connectivity index is 2.01. The van der Waals surface area contributed by atoms with Gasteiger partial charge in [-0.3, -0.25) is 0 Å². The van der Waals surface area contributed by atoms with Crippen LogP contribution in [-0.4, -0.2) is 15.3 Å². The number of imidazole rings is 1. The number of rotatable bonds is 1. The van der Waals surface area contributed by atoms with E-state index < -0.39 is 0 Å². The molecule has 0 amide bonds. The predicted molar refractivity (Wildman–Crippen MR) is 72.8 cm³/mol. The lowest BCUT2D eigenvalue weighted by molar-refractivity contribution is 0.185. The van der Waals surface area contributed by atoms with E-state index in [0.717, 1.165) is 6.42 Å². The highest BCUT2D eigenvalue weighted by Gasteiger charge is 2.42. The molecule has 3 heteroatoms. The molecular weight excluding hydrogens is 228 g/mol. The van der Waals surface area contributed by atoms with Crippen molar-refractivity contribution in [2.24, 2.45) is 11.3 Å². The molecule has 1 fully saturated rings. The lowest BCUT2D eigenvalue weighted by atomic mass is 9.75. The Morgan fingerprint density at radius 2 is 2.35 bits per heavy atom. The van der Waals surface area contributed by atoms with E-state index in [1.807, 2.05) is 24.3 Å². The predicted octanol–water partition coefficient (Wildman–Crippen LogP) is 3.66. The van der Waals surface area contributed by atoms with Crippen LogP contribution in [0.4, 0.5) is 0 Å². The minimum absolute atomic E-state index is 0.318. The summed E-state index contributed by atoms with van der Waals surface area (Å²) in [4.78, 5) is 5.77. The topological polar surface area (TPSA) is 17.8 Å². The van der Waals surface area contributed by atoms with Crippen molar-refractivity contribution in [1.29, 1.82) is 0 Å². The second-order valence-corrected chi connectivity index (χ2v) is 6.62. The van der Waals surface area contributed by atoms with Gasteiger partial charge in [0.15, 0.2) is 0 Å². The lowest BCUT2D eigenvalue weighted by Gasteiger charge is -2.46. The Labute approximate surface area is 107 Å². The summed E-state index contributed by atoms with van der Waals surface area (Å²) in [6, 6.07) is 0.530. The fraction of sp³-hybridized carbons (Fsp3) is 0.500. The molecule has 90 valence electrons. The van der Waals surface area contributed by atoms with Gasteiger partial charge in [0.25, 0.3) is 0 Å². The fourth-order valence-corrected chi connectivity index (χ4v) is 4.34. The minimum Gasteiger partial charge on any atom is -0.333 e. The van der Waals surface area contributed by atoms with Crippen molar-refractivity contribution in [3.63, 3.8) is 0 Å². The van der Waals surface area contributed by atoms with E-state index in [4.69, 9.17) is 0 Å². The Morgan fingerprint density at radius 3 is 3.12 bits per heavy atom. The summed E-state index contributed by atoms with van der Waals surface area (Å²) in [6.07, 6.45) is 13.9. The lowest BCUT2D eigenvalue weighted by Crippen LogP contribution is -2.39. The minimum atomic E-state index is 0.318. The zero-order chi connectivity index (χ0) is 11.9. The highest BCUT2D eigenvalue weighted by Crippen LogP contribution is 2.52. The van der Waals surface area contributed by atoms with Gasteiger partial charge in [-0.05, 0) is 16.7 Å². The first-order valence-corrected chi connectivity index (χ1v) is 7.14. The first-order chi connectivity index (χ1) is 8.18. The van der Waals surface area contributed by atoms with Crippen molar-refractivity contribution < 1.29 is 0 Å². The first-order valence-electron chi connectivity index (χ1n) is 6.15. The Morgan fingerprint density at radius 1 is 1.47 bits per heavy atom. The highest BCUT2D eigenvalue weighted by molar-refractivity contribution is 8.03. The molecule has 0 bridgehead atoms. The van der Waals surface area contributed by atoms with Crippen molar-refractivity contribution in [2.75, 3.05) is 5.75 Å². The van der Waals surface area contributed by atoms with E-state index in [1.54, 1.807) is 4.91 Å². The second-order valence-electron chi connectivity index (χ2n) is 5.57. The van der Waals surface area contributed by atoms with Gasteiger partial charge >= 0.3 is 0 Å². The van der Waals surface area contributed by atoms with Crippen LogP contribution in [0.25, 0.3) is 0 Å². The van der Waals surface area contributed by atoms with Crippen LogP contribution in [-0.2, 0) is 0 Å². The maximum absolute atomic E-state index is 4.22. The van der Waals surface area contributed by atoms with Gasteiger partial charge in [-0.1, -0.05) is 32.1 Å². The summed E-state index contributed by atoms with van der Waals surface area (Å²) < 4.78 is 2.30. The molecule has 1 aliphatic heterocycles. The molecule has 1 aromatic heterocycles. The normalized spacial score (nSPS) is 30.8. The van der Waals surface area contributed by atoms with Crippen molar-refractivity contribution >= 4 is 11.8 Å². The third-order valence-electron chi connectivity index (χ3n) is 3.79. The Kier molecular flexibility index (Phi) is 2.66. The molecule has 2 aliphatic rings. The molecule has 3 rings (SSSR count). The average molecular weight is 246 g/mol. The number of hydrogen-bond acceptors (Lipinski definition) is 2. The number of thioether (sulfide) groups is 1. The quantitative estimate of drug-likeness (QED) is 0.752. The molecule has 1 aliphatic carbocycles. The highest BCUT2D eigenvalue weighted by atomic mass is 32.2. The second kappa shape index (κ2) is 4.05. The van der Waals surface area contributed by atoms with Crippen molar-refractivity contribution in [3.05, 3.63) is 41.9 Å². The van der Waals surface area contributed by atoms with Crippen LogP contribution in [0.2, 0.25) is 0 Å². The van der Waals surface area contributed by atoms with Crippen molar-refractivity contribution in [2.45, 2.75) is 26.3 Å². The van der Waals surface area contributed by atoms with Crippen LogP contribution in [0.1, 0.15) is 26.3 Å². The summed E-state index contributed by atoms with van der Waals surface area (Å²) in [6.45, 7) is 4.75. The zero-order valence-corrected chi connectivity index (χ0v) is 11.2. The van der Waals surface area contributed by atoms with Gasteiger partial charge in [-0.2, -0.15) is 0 Å². The van der Waals surface area contributed by atoms with E-state index in [9.17, 15) is 0 Å². The van der Waals surface area contributed by atoms with Gasteiger partial charge < -0.3 is 4.57 Å². The molecule has 17 heavy (non-hydrogen) atoms. The van der Waals surface area contributed by atoms with Crippen molar-refractivity contribution in [3.8, 4) is 0 Å². The van der Waals surface area contributed by atoms with Crippen LogP contribution in [0.5, 0.6) is 0 Å². The molecule has 0 aromatic carbocycles. The van der Waals surface area contributed by atoms with Gasteiger partial charge in [0.05, 0.1) is 6.33 Å². The zero-order valence-electron chi connectivity index (χ0n) is 10.3. The number of fused-ring (bicyclic) bond motifs is 1. The number of nitrogens with zero attached hydrogens (tertiary/aromatic N) is 2. The monoisotopic (exact) mass is 246 g/mol. The van der Waals surface area contributed by atoms with E-state index in [1.165, 1.54) is 5.75 Å². The standard InChI is InChI=1S/C14H18N2S/c1-14(2)9-17-12-6-4-3-5-11(12)13(14)16-8-7-15-10-16/h3-4,6-8,10-11,13H,5,9H2,1-2H3. The third kappa shape index (κ3) is 1.86. The van der Waals surface area contributed by atoms with E-state index in [2.05, 4.69) is 47.8 Å². The van der Waals surface area contributed by atoms with Crippen LogP contribution < -0.4 is 0 Å². The maximum Gasteiger partial charge on any atom is 0.0948 e. The largest absolute Gasteiger partial charge is 0.333 e. The first kappa shape index (κ1) is 11.1. The molecule has 2 atom stereocenters. The van der Waals surface area contributed by atoms with Gasteiger partial charge in [0, 0.05) is 30.1 Å². The van der Waals surface area contributed by atoms with Crippen LogP contribution in [0, 0.1) is 11.3 Å². The van der Waals surface area contributed by atoms with Gasteiger partial charge in [-0.15, -0.1) is 11.8 Å². The Bertz CT molecular complexity index is 457. The molecule has 0 spiro atoms. The molecule has 2 heterocycles. The van der Waals surface area contributed by atoms with Gasteiger partial charge in [0.2, 0.25) is 0 Å². The summed E-state index contributed by atoms with van der Waals surface area (Å²) in [5, 5.41) is 0. The number of hydrogen-bond donors (Lipinski definition) is 0. The molecular formula is C14H18N2S. The molecule has 1 saturated heterocycles. The molecule has 2 unspecified atom stereocenters. The van der Waals surface area contributed by atoms with Crippen LogP contribution in [0.15, 0.2) is 41.9 Å². The summed E-state index contributed by atoms with van der Waals surface area (Å²) >= 11 is 2.03. The molecule has 2 nitrogen and oxygen atoms in total. The van der Waals surface area contributed by atoms with E-state index in [-0.39, 0.29) is 0 Å². The van der Waals surface area contributed by atoms with Crippen molar-refractivity contribution in [1.82, 2.24) is 9.55 Å². The molecule has 0 radical (unpaired) electrons. The molecule has 0 N–H and O–H groups in total. The summed E-state index contributed by atoms with van der Waals surface area (Å²) in [5.41, 5.74) is 0.318. The van der Waals surface area contributed by atoms with E-state index in [0.29, 0.717) is 17.4 Å². The van der Waals surface area contributed by atoms with Gasteiger partial charge in [-0.25, -0.2) is 4.98 Å².